The van der Waals surface area contributed by atoms with E-state index in [0.717, 1.165) is 23.4 Å². The Morgan fingerprint density at radius 2 is 2.00 bits per heavy atom. The number of fused-ring (bicyclic) bond motifs is 1. The molecule has 2 aromatic carbocycles. The van der Waals surface area contributed by atoms with Gasteiger partial charge in [0.25, 0.3) is 5.91 Å². The normalized spacial score (nSPS) is 15.5. The van der Waals surface area contributed by atoms with Crippen LogP contribution in [-0.4, -0.2) is 21.9 Å². The Balaban J connectivity index is 1.56. The van der Waals surface area contributed by atoms with E-state index in [1.54, 1.807) is 11.1 Å². The van der Waals surface area contributed by atoms with Crippen LogP contribution in [0.4, 0.5) is 17.2 Å². The first-order valence-corrected chi connectivity index (χ1v) is 9.17. The van der Waals surface area contributed by atoms with Crippen LogP contribution in [0.5, 0.6) is 0 Å². The van der Waals surface area contributed by atoms with E-state index < -0.39 is 0 Å². The number of rotatable bonds is 3. The summed E-state index contributed by atoms with van der Waals surface area (Å²) in [5.41, 5.74) is 4.36. The molecular formula is C21H19ClN4O. The predicted octanol–water partition coefficient (Wildman–Crippen LogP) is 4.77. The summed E-state index contributed by atoms with van der Waals surface area (Å²) < 4.78 is 0. The smallest absolute Gasteiger partial charge is 0.278 e. The highest BCUT2D eigenvalue weighted by Crippen LogP contribution is 2.32. The van der Waals surface area contributed by atoms with Gasteiger partial charge in [-0.05, 0) is 49.6 Å². The first-order chi connectivity index (χ1) is 13.0. The van der Waals surface area contributed by atoms with Crippen molar-refractivity contribution in [1.82, 2.24) is 9.97 Å². The molecule has 4 rings (SSSR count). The molecule has 1 N–H and O–H groups in total. The van der Waals surface area contributed by atoms with Crippen LogP contribution < -0.4 is 10.2 Å². The second kappa shape index (κ2) is 7.00. The standard InChI is InChI=1S/C21H19ClN4O/c1-13-7-8-16(22)10-17(13)25-20-12-23-18(11-24-20)21(27)26-14(2)9-15-5-3-4-6-19(15)26/h3-8,10-12,14H,9H2,1-2H3,(H,24,25). The van der Waals surface area contributed by atoms with Gasteiger partial charge in [0, 0.05) is 22.4 Å². The van der Waals surface area contributed by atoms with Crippen molar-refractivity contribution in [3.8, 4) is 0 Å². The van der Waals surface area contributed by atoms with Gasteiger partial charge in [0.2, 0.25) is 0 Å². The Morgan fingerprint density at radius 1 is 1.19 bits per heavy atom. The third-order valence-electron chi connectivity index (χ3n) is 4.76. The minimum atomic E-state index is -0.134. The van der Waals surface area contributed by atoms with Gasteiger partial charge in [0.05, 0.1) is 12.4 Å². The molecule has 1 amide bonds. The number of benzene rings is 2. The summed E-state index contributed by atoms with van der Waals surface area (Å²) in [6, 6.07) is 13.7. The lowest BCUT2D eigenvalue weighted by Crippen LogP contribution is -2.36. The van der Waals surface area contributed by atoms with Crippen LogP contribution in [0.15, 0.2) is 54.9 Å². The number of hydrogen-bond donors (Lipinski definition) is 1. The monoisotopic (exact) mass is 378 g/mol. The van der Waals surface area contributed by atoms with Crippen molar-refractivity contribution in [2.45, 2.75) is 26.3 Å². The zero-order valence-corrected chi connectivity index (χ0v) is 15.9. The largest absolute Gasteiger partial charge is 0.339 e. The third-order valence-corrected chi connectivity index (χ3v) is 4.99. The molecule has 6 heteroatoms. The molecule has 0 aliphatic carbocycles. The van der Waals surface area contributed by atoms with Crippen molar-refractivity contribution in [2.75, 3.05) is 10.2 Å². The molecule has 1 aliphatic rings. The predicted molar refractivity (Wildman–Crippen MR) is 108 cm³/mol. The summed E-state index contributed by atoms with van der Waals surface area (Å²) in [6.07, 6.45) is 3.93. The maximum Gasteiger partial charge on any atom is 0.278 e. The van der Waals surface area contributed by atoms with Gasteiger partial charge in [0.1, 0.15) is 11.5 Å². The highest BCUT2D eigenvalue weighted by molar-refractivity contribution is 6.30. The van der Waals surface area contributed by atoms with Crippen molar-refractivity contribution in [3.05, 3.63) is 76.7 Å². The van der Waals surface area contributed by atoms with Gasteiger partial charge in [-0.1, -0.05) is 35.9 Å². The summed E-state index contributed by atoms with van der Waals surface area (Å²) in [4.78, 5) is 23.5. The van der Waals surface area contributed by atoms with E-state index >= 15 is 0 Å². The SMILES string of the molecule is Cc1ccc(Cl)cc1Nc1cnc(C(=O)N2c3ccccc3CC2C)cn1. The lowest BCUT2D eigenvalue weighted by Gasteiger charge is -2.22. The molecule has 5 nitrogen and oxygen atoms in total. The molecule has 1 atom stereocenters. The fourth-order valence-electron chi connectivity index (χ4n) is 3.37. The second-order valence-electron chi connectivity index (χ2n) is 6.73. The van der Waals surface area contributed by atoms with Crippen LogP contribution in [0.2, 0.25) is 5.02 Å². The van der Waals surface area contributed by atoms with Gasteiger partial charge in [-0.15, -0.1) is 0 Å². The molecule has 0 spiro atoms. The Bertz CT molecular complexity index is 1000. The average molecular weight is 379 g/mol. The maximum absolute atomic E-state index is 13.0. The molecule has 0 bridgehead atoms. The fourth-order valence-corrected chi connectivity index (χ4v) is 3.54. The van der Waals surface area contributed by atoms with E-state index in [4.69, 9.17) is 11.6 Å². The molecule has 1 aromatic heterocycles. The van der Waals surface area contributed by atoms with Crippen LogP contribution in [0.25, 0.3) is 0 Å². The van der Waals surface area contributed by atoms with Crippen molar-refractivity contribution in [2.24, 2.45) is 0 Å². The molecule has 0 fully saturated rings. The summed E-state index contributed by atoms with van der Waals surface area (Å²) in [6.45, 7) is 4.03. The van der Waals surface area contributed by atoms with E-state index in [9.17, 15) is 4.79 Å². The van der Waals surface area contributed by atoms with Gasteiger partial charge in [-0.25, -0.2) is 9.97 Å². The van der Waals surface area contributed by atoms with Crippen LogP contribution in [0.3, 0.4) is 0 Å². The number of halogens is 1. The Kier molecular flexibility index (Phi) is 4.54. The zero-order chi connectivity index (χ0) is 19.0. The minimum Gasteiger partial charge on any atom is -0.339 e. The number of anilines is 3. The van der Waals surface area contributed by atoms with Crippen LogP contribution in [-0.2, 0) is 6.42 Å². The number of aryl methyl sites for hydroxylation is 1. The molecule has 0 radical (unpaired) electrons. The fraction of sp³-hybridized carbons (Fsp3) is 0.190. The van der Waals surface area contributed by atoms with Gasteiger partial charge < -0.3 is 10.2 Å². The molecule has 1 aliphatic heterocycles. The van der Waals surface area contributed by atoms with Gasteiger partial charge in [-0.2, -0.15) is 0 Å². The van der Waals surface area contributed by atoms with E-state index in [0.29, 0.717) is 16.5 Å². The molecule has 0 saturated carbocycles. The summed E-state index contributed by atoms with van der Waals surface area (Å²) >= 11 is 6.05. The topological polar surface area (TPSA) is 58.1 Å². The molecule has 0 saturated heterocycles. The zero-order valence-electron chi connectivity index (χ0n) is 15.1. The number of carbonyl (C=O) groups excluding carboxylic acids is 1. The first kappa shape index (κ1) is 17.5. The molecule has 136 valence electrons. The number of para-hydroxylation sites is 1. The van der Waals surface area contributed by atoms with Crippen molar-refractivity contribution in [1.29, 1.82) is 0 Å². The highest BCUT2D eigenvalue weighted by Gasteiger charge is 2.31. The molecule has 3 aromatic rings. The third kappa shape index (κ3) is 3.38. The van der Waals surface area contributed by atoms with Crippen molar-refractivity contribution in [3.63, 3.8) is 0 Å². The highest BCUT2D eigenvalue weighted by atomic mass is 35.5. The molecule has 2 heterocycles. The molecule has 1 unspecified atom stereocenters. The first-order valence-electron chi connectivity index (χ1n) is 8.79. The van der Waals surface area contributed by atoms with Crippen molar-refractivity contribution >= 4 is 34.7 Å². The number of nitrogens with zero attached hydrogens (tertiary/aromatic N) is 3. The summed E-state index contributed by atoms with van der Waals surface area (Å²) in [7, 11) is 0. The summed E-state index contributed by atoms with van der Waals surface area (Å²) in [5.74, 6) is 0.428. The molecular weight excluding hydrogens is 360 g/mol. The van der Waals surface area contributed by atoms with Crippen molar-refractivity contribution < 1.29 is 4.79 Å². The minimum absolute atomic E-state index is 0.101. The van der Waals surface area contributed by atoms with E-state index in [1.165, 1.54) is 11.8 Å². The quantitative estimate of drug-likeness (QED) is 0.713. The van der Waals surface area contributed by atoms with E-state index in [2.05, 4.69) is 21.4 Å². The number of hydrogen-bond acceptors (Lipinski definition) is 4. The Labute approximate surface area is 163 Å². The Hall–Kier alpha value is -2.92. The van der Waals surface area contributed by atoms with Crippen LogP contribution in [0.1, 0.15) is 28.5 Å². The van der Waals surface area contributed by atoms with E-state index in [-0.39, 0.29) is 11.9 Å². The van der Waals surface area contributed by atoms with Gasteiger partial charge in [-0.3, -0.25) is 4.79 Å². The lowest BCUT2D eigenvalue weighted by atomic mass is 10.1. The van der Waals surface area contributed by atoms with Gasteiger partial charge >= 0.3 is 0 Å². The number of aromatic nitrogens is 2. The number of amides is 1. The van der Waals surface area contributed by atoms with Crippen LogP contribution in [0, 0.1) is 6.92 Å². The lowest BCUT2D eigenvalue weighted by molar-refractivity contribution is 0.0976. The number of carbonyl (C=O) groups is 1. The average Bonchev–Trinajstić information content (AvgIpc) is 3.00. The van der Waals surface area contributed by atoms with Gasteiger partial charge in [0.15, 0.2) is 0 Å². The molecule has 27 heavy (non-hydrogen) atoms. The Morgan fingerprint density at radius 3 is 2.78 bits per heavy atom. The number of nitrogens with one attached hydrogen (secondary N) is 1. The van der Waals surface area contributed by atoms with Crippen LogP contribution >= 0.6 is 11.6 Å². The maximum atomic E-state index is 13.0. The van der Waals surface area contributed by atoms with E-state index in [1.807, 2.05) is 50.2 Å². The summed E-state index contributed by atoms with van der Waals surface area (Å²) in [5, 5.41) is 3.83. The second-order valence-corrected chi connectivity index (χ2v) is 7.16.